The molecule has 17 heavy (non-hydrogen) atoms. The Hall–Kier alpha value is -1.11. The number of halogens is 4. The molecule has 0 spiro atoms. The van der Waals surface area contributed by atoms with Crippen molar-refractivity contribution in [3.05, 3.63) is 17.7 Å². The number of rotatable bonds is 7. The lowest BCUT2D eigenvalue weighted by molar-refractivity contribution is 0.170. The average Bonchev–Trinajstić information content (AvgIpc) is 2.30. The molecule has 0 bridgehead atoms. The van der Waals surface area contributed by atoms with Crippen LogP contribution in [0, 0.1) is 0 Å². The van der Waals surface area contributed by atoms with E-state index in [0.29, 0.717) is 5.56 Å². The Bertz CT molecular complexity index is 336. The maximum atomic E-state index is 12.2. The molecule has 0 aliphatic heterocycles. The van der Waals surface area contributed by atoms with E-state index in [1.807, 2.05) is 0 Å². The van der Waals surface area contributed by atoms with Crippen LogP contribution < -0.4 is 14.2 Å². The van der Waals surface area contributed by atoms with Crippen molar-refractivity contribution in [3.8, 4) is 17.2 Å². The smallest absolute Gasteiger partial charge is 0.228 e. The second kappa shape index (κ2) is 7.26. The normalized spacial score (nSPS) is 10.1. The fourth-order valence-electron chi connectivity index (χ4n) is 1.25. The van der Waals surface area contributed by atoms with Crippen molar-refractivity contribution < 1.29 is 27.4 Å². The first kappa shape index (κ1) is 14.0. The molecule has 0 N–H and O–H groups in total. The summed E-state index contributed by atoms with van der Waals surface area (Å²) in [6.07, 6.45) is 0. The summed E-state index contributed by atoms with van der Waals surface area (Å²) in [6.45, 7) is -3.18. The number of alkyl halides is 4. The molecule has 0 aromatic heterocycles. The highest BCUT2D eigenvalue weighted by atomic mass is 79.9. The van der Waals surface area contributed by atoms with Gasteiger partial charge in [0, 0.05) is 23.0 Å². The predicted molar refractivity (Wildman–Crippen MR) is 58.9 cm³/mol. The van der Waals surface area contributed by atoms with E-state index >= 15 is 0 Å². The topological polar surface area (TPSA) is 27.7 Å². The van der Waals surface area contributed by atoms with Gasteiger partial charge in [-0.1, -0.05) is 15.9 Å². The lowest BCUT2D eigenvalue weighted by Gasteiger charge is -2.14. The second-order valence-corrected chi connectivity index (χ2v) is 3.35. The standard InChI is InChI=1S/C10H10BrF3O3/c11-3-8-9(16-5-13)1-7(15-4-12)2-10(8)17-6-14/h1-2H,3-6H2. The molecule has 96 valence electrons. The quantitative estimate of drug-likeness (QED) is 0.721. The van der Waals surface area contributed by atoms with Gasteiger partial charge in [-0.05, 0) is 0 Å². The van der Waals surface area contributed by atoms with Crippen LogP contribution in [0.2, 0.25) is 0 Å². The fraction of sp³-hybridized carbons (Fsp3) is 0.400. The minimum absolute atomic E-state index is 0.0732. The van der Waals surface area contributed by atoms with Gasteiger partial charge < -0.3 is 14.2 Å². The van der Waals surface area contributed by atoms with Gasteiger partial charge in [0.25, 0.3) is 0 Å². The molecule has 0 radical (unpaired) electrons. The van der Waals surface area contributed by atoms with Crippen molar-refractivity contribution >= 4 is 15.9 Å². The van der Waals surface area contributed by atoms with E-state index in [1.54, 1.807) is 0 Å². The second-order valence-electron chi connectivity index (χ2n) is 2.79. The van der Waals surface area contributed by atoms with E-state index in [4.69, 9.17) is 9.47 Å². The van der Waals surface area contributed by atoms with Crippen LogP contribution in [-0.4, -0.2) is 20.6 Å². The molecule has 1 aromatic rings. The average molecular weight is 315 g/mol. The summed E-state index contributed by atoms with van der Waals surface area (Å²) < 4.78 is 50.4. The van der Waals surface area contributed by atoms with Gasteiger partial charge in [0.2, 0.25) is 20.6 Å². The molecule has 0 saturated carbocycles. The Kier molecular flexibility index (Phi) is 5.96. The van der Waals surface area contributed by atoms with Crippen LogP contribution in [0.5, 0.6) is 17.2 Å². The van der Waals surface area contributed by atoms with Gasteiger partial charge in [0.1, 0.15) is 17.2 Å². The minimum atomic E-state index is -1.06. The minimum Gasteiger partial charge on any atom is -0.463 e. The Labute approximate surface area is 105 Å². The zero-order chi connectivity index (χ0) is 12.7. The molecule has 0 atom stereocenters. The Balaban J connectivity index is 3.14. The Morgan fingerprint density at radius 3 is 1.71 bits per heavy atom. The summed E-state index contributed by atoms with van der Waals surface area (Å²) in [5.41, 5.74) is 0.423. The van der Waals surface area contributed by atoms with Gasteiger partial charge in [0.05, 0.1) is 0 Å². The van der Waals surface area contributed by atoms with Crippen LogP contribution in [0.15, 0.2) is 12.1 Å². The van der Waals surface area contributed by atoms with Crippen LogP contribution in [0.4, 0.5) is 13.2 Å². The number of hydrogen-bond donors (Lipinski definition) is 0. The molecule has 3 nitrogen and oxygen atoms in total. The zero-order valence-electron chi connectivity index (χ0n) is 8.72. The molecule has 0 saturated heterocycles. The highest BCUT2D eigenvalue weighted by molar-refractivity contribution is 9.08. The van der Waals surface area contributed by atoms with E-state index in [2.05, 4.69) is 20.7 Å². The highest BCUT2D eigenvalue weighted by Gasteiger charge is 2.13. The van der Waals surface area contributed by atoms with Gasteiger partial charge in [-0.15, -0.1) is 0 Å². The van der Waals surface area contributed by atoms with Crippen LogP contribution in [-0.2, 0) is 5.33 Å². The van der Waals surface area contributed by atoms with E-state index in [0.717, 1.165) is 0 Å². The predicted octanol–water partition coefficient (Wildman–Crippen LogP) is 3.50. The van der Waals surface area contributed by atoms with E-state index in [9.17, 15) is 13.2 Å². The third kappa shape index (κ3) is 3.69. The van der Waals surface area contributed by atoms with E-state index in [1.165, 1.54) is 12.1 Å². The summed E-state index contributed by atoms with van der Waals surface area (Å²) in [5, 5.41) is 0.271. The zero-order valence-corrected chi connectivity index (χ0v) is 10.3. The van der Waals surface area contributed by atoms with E-state index < -0.39 is 20.6 Å². The third-order valence-corrected chi connectivity index (χ3v) is 2.48. The van der Waals surface area contributed by atoms with Crippen molar-refractivity contribution in [3.63, 3.8) is 0 Å². The van der Waals surface area contributed by atoms with Crippen LogP contribution in [0.25, 0.3) is 0 Å². The molecule has 1 aromatic carbocycles. The molecule has 0 amide bonds. The van der Waals surface area contributed by atoms with Crippen LogP contribution in [0.1, 0.15) is 5.56 Å². The molecule has 0 heterocycles. The highest BCUT2D eigenvalue weighted by Crippen LogP contribution is 2.36. The van der Waals surface area contributed by atoms with Gasteiger partial charge in [0.15, 0.2) is 0 Å². The van der Waals surface area contributed by atoms with Crippen molar-refractivity contribution in [2.75, 3.05) is 20.6 Å². The molecular weight excluding hydrogens is 305 g/mol. The molecule has 0 unspecified atom stereocenters. The summed E-state index contributed by atoms with van der Waals surface area (Å²) >= 11 is 3.14. The van der Waals surface area contributed by atoms with Gasteiger partial charge in [-0.25, -0.2) is 13.2 Å². The summed E-state index contributed by atoms with van der Waals surface area (Å²) in [7, 11) is 0. The lowest BCUT2D eigenvalue weighted by atomic mass is 10.2. The van der Waals surface area contributed by atoms with E-state index in [-0.39, 0.29) is 22.6 Å². The summed E-state index contributed by atoms with van der Waals surface area (Å²) in [5.74, 6) is 0.293. The fourth-order valence-corrected chi connectivity index (χ4v) is 1.80. The molecule has 0 fully saturated rings. The number of hydrogen-bond acceptors (Lipinski definition) is 3. The maximum Gasteiger partial charge on any atom is 0.228 e. The number of benzene rings is 1. The first-order chi connectivity index (χ1) is 8.26. The molecule has 0 aliphatic rings. The van der Waals surface area contributed by atoms with Gasteiger partial charge >= 0.3 is 0 Å². The van der Waals surface area contributed by atoms with Crippen molar-refractivity contribution in [1.29, 1.82) is 0 Å². The maximum absolute atomic E-state index is 12.2. The first-order valence-electron chi connectivity index (χ1n) is 4.56. The Morgan fingerprint density at radius 2 is 1.35 bits per heavy atom. The van der Waals surface area contributed by atoms with Gasteiger partial charge in [-0.2, -0.15) is 0 Å². The summed E-state index contributed by atoms with van der Waals surface area (Å²) in [6, 6.07) is 2.61. The van der Waals surface area contributed by atoms with Crippen molar-refractivity contribution in [2.45, 2.75) is 5.33 Å². The first-order valence-corrected chi connectivity index (χ1v) is 5.68. The third-order valence-electron chi connectivity index (χ3n) is 1.92. The molecule has 7 heteroatoms. The van der Waals surface area contributed by atoms with Crippen LogP contribution >= 0.6 is 15.9 Å². The summed E-state index contributed by atoms with van der Waals surface area (Å²) in [4.78, 5) is 0. The van der Waals surface area contributed by atoms with Gasteiger partial charge in [-0.3, -0.25) is 0 Å². The molecule has 0 aliphatic carbocycles. The van der Waals surface area contributed by atoms with Crippen LogP contribution in [0.3, 0.4) is 0 Å². The van der Waals surface area contributed by atoms with Crippen molar-refractivity contribution in [2.24, 2.45) is 0 Å². The SMILES string of the molecule is FCOc1cc(OCF)c(CBr)c(OCF)c1. The Morgan fingerprint density at radius 1 is 0.882 bits per heavy atom. The monoisotopic (exact) mass is 314 g/mol. The largest absolute Gasteiger partial charge is 0.463 e. The number of ether oxygens (including phenoxy) is 3. The van der Waals surface area contributed by atoms with Crippen molar-refractivity contribution in [1.82, 2.24) is 0 Å². The lowest BCUT2D eigenvalue weighted by Crippen LogP contribution is -2.01. The molecular formula is C10H10BrF3O3. The molecule has 1 rings (SSSR count).